The van der Waals surface area contributed by atoms with E-state index in [1.807, 2.05) is 19.1 Å². The summed E-state index contributed by atoms with van der Waals surface area (Å²) in [6, 6.07) is 10.6. The number of phenols is 1. The highest BCUT2D eigenvalue weighted by Crippen LogP contribution is 2.42. The molecule has 1 aliphatic heterocycles. The molecule has 0 aliphatic carbocycles. The number of methoxy groups -OCH3 is 1. The van der Waals surface area contributed by atoms with Gasteiger partial charge in [-0.1, -0.05) is 12.1 Å². The second-order valence-electron chi connectivity index (χ2n) is 7.73. The van der Waals surface area contributed by atoms with Crippen molar-refractivity contribution in [1.82, 2.24) is 4.98 Å². The second kappa shape index (κ2) is 9.64. The summed E-state index contributed by atoms with van der Waals surface area (Å²) in [5.74, 6) is -0.737. The average molecular weight is 476 g/mol. The van der Waals surface area contributed by atoms with Gasteiger partial charge in [0.15, 0.2) is 5.78 Å². The number of pyridine rings is 1. The van der Waals surface area contributed by atoms with E-state index in [0.717, 1.165) is 29.5 Å². The molecule has 0 amide bonds. The van der Waals surface area contributed by atoms with Gasteiger partial charge in [-0.3, -0.25) is 14.9 Å². The topological polar surface area (TPSA) is 138 Å². The minimum atomic E-state index is -0.786. The Labute approximate surface area is 199 Å². The fraction of sp³-hybridized carbons (Fsp3) is 0.160. The number of Topliss-reactive ketones (excluding diaryl/α,β-unsaturated/α-hetero) is 1. The van der Waals surface area contributed by atoms with E-state index < -0.39 is 17.0 Å². The molecule has 0 saturated carbocycles. The highest BCUT2D eigenvalue weighted by molar-refractivity contribution is 6.03. The van der Waals surface area contributed by atoms with E-state index in [1.54, 1.807) is 13.2 Å². The molecule has 4 rings (SSSR count). The number of aryl methyl sites for hydroxylation is 1. The number of nitrogens with zero attached hydrogens (tertiary/aromatic N) is 2. The summed E-state index contributed by atoms with van der Waals surface area (Å²) in [7, 11) is 1.55. The van der Waals surface area contributed by atoms with E-state index in [4.69, 9.17) is 14.2 Å². The predicted molar refractivity (Wildman–Crippen MR) is 124 cm³/mol. The standard InChI is InChI=1S/C25H20N2O8/c1-14-3-4-15(9-21(14)33-2)22-12-20(29)25-19(28)10-18(11-23(25)35-22)34-24(30)8-6-16-5-7-17(13-26-16)27(31)32/h3-11,13,22,28H,12H2,1-2H3/b8-6+/t22-/m0/s1. The number of carbonyl (C=O) groups excluding carboxylic acids is 2. The summed E-state index contributed by atoms with van der Waals surface area (Å²) in [6.45, 7) is 1.90. The number of hydrogen-bond donors (Lipinski definition) is 1. The lowest BCUT2D eigenvalue weighted by atomic mass is 9.95. The number of esters is 1. The third-order valence-corrected chi connectivity index (χ3v) is 5.37. The summed E-state index contributed by atoms with van der Waals surface area (Å²) in [5.41, 5.74) is 1.82. The van der Waals surface area contributed by atoms with Gasteiger partial charge in [0.2, 0.25) is 0 Å². The van der Waals surface area contributed by atoms with Gasteiger partial charge in [-0.2, -0.15) is 0 Å². The van der Waals surface area contributed by atoms with Gasteiger partial charge in [-0.25, -0.2) is 9.78 Å². The molecule has 1 N–H and O–H groups in total. The third-order valence-electron chi connectivity index (χ3n) is 5.37. The Morgan fingerprint density at radius 2 is 2.06 bits per heavy atom. The molecule has 35 heavy (non-hydrogen) atoms. The monoisotopic (exact) mass is 476 g/mol. The summed E-state index contributed by atoms with van der Waals surface area (Å²) in [5, 5.41) is 21.1. The van der Waals surface area contributed by atoms with Crippen LogP contribution in [0.3, 0.4) is 0 Å². The van der Waals surface area contributed by atoms with Gasteiger partial charge < -0.3 is 19.3 Å². The van der Waals surface area contributed by atoms with Gasteiger partial charge in [-0.05, 0) is 36.3 Å². The third kappa shape index (κ3) is 5.11. The van der Waals surface area contributed by atoms with Gasteiger partial charge in [0, 0.05) is 24.3 Å². The molecular formula is C25H20N2O8. The van der Waals surface area contributed by atoms with Crippen molar-refractivity contribution in [2.24, 2.45) is 0 Å². The maximum atomic E-state index is 12.7. The molecule has 1 aromatic heterocycles. The van der Waals surface area contributed by atoms with Crippen LogP contribution in [0.15, 0.2) is 54.7 Å². The number of carbonyl (C=O) groups is 2. The molecule has 2 heterocycles. The quantitative estimate of drug-likeness (QED) is 0.181. The lowest BCUT2D eigenvalue weighted by Crippen LogP contribution is -2.21. The van der Waals surface area contributed by atoms with Gasteiger partial charge in [-0.15, -0.1) is 0 Å². The van der Waals surface area contributed by atoms with Crippen LogP contribution in [-0.4, -0.2) is 33.9 Å². The Morgan fingerprint density at radius 3 is 2.74 bits per heavy atom. The highest BCUT2D eigenvalue weighted by atomic mass is 16.6. The van der Waals surface area contributed by atoms with Crippen LogP contribution in [0.5, 0.6) is 23.0 Å². The Balaban J connectivity index is 1.52. The molecule has 2 aromatic carbocycles. The molecule has 0 bridgehead atoms. The fourth-order valence-corrected chi connectivity index (χ4v) is 3.60. The number of nitro groups is 1. The zero-order chi connectivity index (χ0) is 25.1. The molecule has 10 heteroatoms. The molecule has 0 spiro atoms. The first-order valence-corrected chi connectivity index (χ1v) is 10.5. The van der Waals surface area contributed by atoms with Crippen LogP contribution in [0, 0.1) is 17.0 Å². The Kier molecular flexibility index (Phi) is 6.45. The van der Waals surface area contributed by atoms with Crippen molar-refractivity contribution in [3.05, 3.63) is 87.2 Å². The number of aromatic nitrogens is 1. The van der Waals surface area contributed by atoms with Crippen LogP contribution in [0.2, 0.25) is 0 Å². The van der Waals surface area contributed by atoms with Crippen molar-refractivity contribution in [1.29, 1.82) is 0 Å². The van der Waals surface area contributed by atoms with E-state index in [1.165, 1.54) is 24.3 Å². The van der Waals surface area contributed by atoms with E-state index >= 15 is 0 Å². The van der Waals surface area contributed by atoms with Gasteiger partial charge >= 0.3 is 5.97 Å². The molecule has 0 radical (unpaired) electrons. The molecule has 178 valence electrons. The zero-order valence-electron chi connectivity index (χ0n) is 18.8. The van der Waals surface area contributed by atoms with Crippen molar-refractivity contribution < 1.29 is 33.8 Å². The Bertz CT molecular complexity index is 1350. The number of fused-ring (bicyclic) bond motifs is 1. The van der Waals surface area contributed by atoms with Gasteiger partial charge in [0.25, 0.3) is 5.69 Å². The first-order chi connectivity index (χ1) is 16.7. The normalized spacial score (nSPS) is 14.8. The Hall–Kier alpha value is -4.73. The van der Waals surface area contributed by atoms with Crippen molar-refractivity contribution >= 4 is 23.5 Å². The van der Waals surface area contributed by atoms with Crippen LogP contribution < -0.4 is 14.2 Å². The SMILES string of the molecule is COc1cc([C@@H]2CC(=O)c3c(O)cc(OC(=O)/C=C/c4ccc([N+](=O)[O-])cn4)cc3O2)ccc1C. The van der Waals surface area contributed by atoms with Crippen molar-refractivity contribution in [3.8, 4) is 23.0 Å². The molecule has 3 aromatic rings. The minimum absolute atomic E-state index is 0.0192. The molecule has 1 aliphatic rings. The summed E-state index contributed by atoms with van der Waals surface area (Å²) >= 11 is 0. The number of aromatic hydroxyl groups is 1. The summed E-state index contributed by atoms with van der Waals surface area (Å²) in [6.07, 6.45) is 2.89. The average Bonchev–Trinajstić information content (AvgIpc) is 2.82. The van der Waals surface area contributed by atoms with E-state index in [0.29, 0.717) is 11.4 Å². The molecule has 0 unspecified atom stereocenters. The molecule has 0 fully saturated rings. The Morgan fingerprint density at radius 1 is 1.26 bits per heavy atom. The number of ether oxygens (including phenoxy) is 3. The maximum absolute atomic E-state index is 12.7. The second-order valence-corrected chi connectivity index (χ2v) is 7.73. The van der Waals surface area contributed by atoms with E-state index in [2.05, 4.69) is 4.98 Å². The molecule has 0 saturated heterocycles. The van der Waals surface area contributed by atoms with Crippen LogP contribution >= 0.6 is 0 Å². The fourth-order valence-electron chi connectivity index (χ4n) is 3.60. The van der Waals surface area contributed by atoms with Crippen molar-refractivity contribution in [3.63, 3.8) is 0 Å². The van der Waals surface area contributed by atoms with Gasteiger partial charge in [0.05, 0.1) is 24.1 Å². The summed E-state index contributed by atoms with van der Waals surface area (Å²) in [4.78, 5) is 39.0. The first kappa shape index (κ1) is 23.4. The van der Waals surface area contributed by atoms with E-state index in [9.17, 15) is 24.8 Å². The lowest BCUT2D eigenvalue weighted by molar-refractivity contribution is -0.385. The van der Waals surface area contributed by atoms with Crippen LogP contribution in [0.1, 0.15) is 39.7 Å². The predicted octanol–water partition coefficient (Wildman–Crippen LogP) is 4.34. The van der Waals surface area contributed by atoms with Crippen LogP contribution in [0.4, 0.5) is 5.69 Å². The van der Waals surface area contributed by atoms with Crippen molar-refractivity contribution in [2.75, 3.05) is 7.11 Å². The van der Waals surface area contributed by atoms with Gasteiger partial charge in [0.1, 0.15) is 40.9 Å². The highest BCUT2D eigenvalue weighted by Gasteiger charge is 2.31. The number of phenolic OH excluding ortho intramolecular Hbond substituents is 1. The first-order valence-electron chi connectivity index (χ1n) is 10.5. The molecular weight excluding hydrogens is 456 g/mol. The largest absolute Gasteiger partial charge is 0.507 e. The number of hydrogen-bond acceptors (Lipinski definition) is 9. The minimum Gasteiger partial charge on any atom is -0.507 e. The smallest absolute Gasteiger partial charge is 0.336 e. The summed E-state index contributed by atoms with van der Waals surface area (Å²) < 4.78 is 16.6. The maximum Gasteiger partial charge on any atom is 0.336 e. The molecule has 1 atom stereocenters. The van der Waals surface area contributed by atoms with E-state index in [-0.39, 0.29) is 40.7 Å². The lowest BCUT2D eigenvalue weighted by Gasteiger charge is -2.26. The van der Waals surface area contributed by atoms with Crippen molar-refractivity contribution in [2.45, 2.75) is 19.4 Å². The zero-order valence-corrected chi connectivity index (χ0v) is 18.8. The number of benzene rings is 2. The number of ketones is 1. The molecule has 10 nitrogen and oxygen atoms in total. The van der Waals surface area contributed by atoms with Crippen LogP contribution in [0.25, 0.3) is 6.08 Å². The number of rotatable bonds is 6. The van der Waals surface area contributed by atoms with Crippen LogP contribution in [-0.2, 0) is 4.79 Å².